The molecule has 29 heavy (non-hydrogen) atoms. The molecule has 6 heteroatoms. The van der Waals surface area contributed by atoms with Crippen LogP contribution in [-0.4, -0.2) is 38.1 Å². The van der Waals surface area contributed by atoms with Crippen molar-refractivity contribution in [2.24, 2.45) is 0 Å². The Labute approximate surface area is 172 Å². The van der Waals surface area contributed by atoms with Crippen molar-refractivity contribution in [2.75, 3.05) is 36.5 Å². The highest BCUT2D eigenvalue weighted by Gasteiger charge is 2.19. The molecular formula is C23H29N3O3. The first kappa shape index (κ1) is 20.7. The van der Waals surface area contributed by atoms with Crippen LogP contribution in [0, 0.1) is 0 Å². The summed E-state index contributed by atoms with van der Waals surface area (Å²) in [7, 11) is 0. The molecule has 0 radical (unpaired) electrons. The standard InChI is InChI=1S/C23H29N3O3/c1-2-13-24-23(28)20-16-18(11-12-21(20)26-14-7-4-8-15-26)25-22(27)17-29-19-9-5-3-6-10-19/h3,5-6,9-12,16H,2,4,7-8,13-15,17H2,1H3,(H,24,28)(H,25,27). The molecule has 0 atom stereocenters. The predicted molar refractivity (Wildman–Crippen MR) is 116 cm³/mol. The Morgan fingerprint density at radius 2 is 1.79 bits per heavy atom. The van der Waals surface area contributed by atoms with Crippen LogP contribution in [-0.2, 0) is 4.79 Å². The zero-order chi connectivity index (χ0) is 20.5. The molecule has 2 amide bonds. The van der Waals surface area contributed by atoms with Gasteiger partial charge < -0.3 is 20.3 Å². The van der Waals surface area contributed by atoms with Crippen LogP contribution in [0.5, 0.6) is 5.75 Å². The fourth-order valence-corrected chi connectivity index (χ4v) is 3.40. The summed E-state index contributed by atoms with van der Waals surface area (Å²) < 4.78 is 5.49. The molecule has 2 N–H and O–H groups in total. The monoisotopic (exact) mass is 395 g/mol. The Kier molecular flexibility index (Phi) is 7.50. The van der Waals surface area contributed by atoms with Gasteiger partial charge in [-0.15, -0.1) is 0 Å². The van der Waals surface area contributed by atoms with E-state index in [1.165, 1.54) is 6.42 Å². The van der Waals surface area contributed by atoms with Gasteiger partial charge >= 0.3 is 0 Å². The first-order chi connectivity index (χ1) is 14.2. The van der Waals surface area contributed by atoms with Gasteiger partial charge in [-0.25, -0.2) is 0 Å². The lowest BCUT2D eigenvalue weighted by Crippen LogP contribution is -2.33. The first-order valence-electron chi connectivity index (χ1n) is 10.3. The van der Waals surface area contributed by atoms with Gasteiger partial charge in [0.25, 0.3) is 11.8 Å². The number of hydrogen-bond donors (Lipinski definition) is 2. The first-order valence-corrected chi connectivity index (χ1v) is 10.3. The molecule has 2 aromatic rings. The van der Waals surface area contributed by atoms with Crippen molar-refractivity contribution in [3.05, 3.63) is 54.1 Å². The van der Waals surface area contributed by atoms with Crippen molar-refractivity contribution in [3.8, 4) is 5.75 Å². The lowest BCUT2D eigenvalue weighted by Gasteiger charge is -2.30. The lowest BCUT2D eigenvalue weighted by atomic mass is 10.1. The highest BCUT2D eigenvalue weighted by molar-refractivity contribution is 6.02. The third-order valence-corrected chi connectivity index (χ3v) is 4.87. The Morgan fingerprint density at radius 3 is 2.52 bits per heavy atom. The average molecular weight is 396 g/mol. The minimum Gasteiger partial charge on any atom is -0.484 e. The van der Waals surface area contributed by atoms with Gasteiger partial charge in [0.2, 0.25) is 0 Å². The molecule has 1 saturated heterocycles. The molecule has 0 bridgehead atoms. The maximum Gasteiger partial charge on any atom is 0.262 e. The largest absolute Gasteiger partial charge is 0.484 e. The van der Waals surface area contributed by atoms with Crippen molar-refractivity contribution < 1.29 is 14.3 Å². The van der Waals surface area contributed by atoms with Crippen LogP contribution in [0.25, 0.3) is 0 Å². The fourth-order valence-electron chi connectivity index (χ4n) is 3.40. The molecule has 0 saturated carbocycles. The van der Waals surface area contributed by atoms with E-state index in [9.17, 15) is 9.59 Å². The normalized spacial score (nSPS) is 13.6. The smallest absolute Gasteiger partial charge is 0.262 e. The van der Waals surface area contributed by atoms with Crippen LogP contribution >= 0.6 is 0 Å². The molecule has 2 aromatic carbocycles. The van der Waals surface area contributed by atoms with Gasteiger partial charge in [0.1, 0.15) is 5.75 Å². The van der Waals surface area contributed by atoms with Crippen molar-refractivity contribution in [1.82, 2.24) is 5.32 Å². The number of rotatable bonds is 8. The zero-order valence-corrected chi connectivity index (χ0v) is 16.9. The van der Waals surface area contributed by atoms with E-state index >= 15 is 0 Å². The van der Waals surface area contributed by atoms with Crippen LogP contribution in [0.1, 0.15) is 43.0 Å². The lowest BCUT2D eigenvalue weighted by molar-refractivity contribution is -0.118. The topological polar surface area (TPSA) is 70.7 Å². The molecule has 154 valence electrons. The molecule has 1 aliphatic heterocycles. The molecule has 0 aromatic heterocycles. The van der Waals surface area contributed by atoms with Crippen molar-refractivity contribution >= 4 is 23.2 Å². The Morgan fingerprint density at radius 1 is 1.03 bits per heavy atom. The summed E-state index contributed by atoms with van der Waals surface area (Å²) in [5.41, 5.74) is 2.12. The summed E-state index contributed by atoms with van der Waals surface area (Å²) >= 11 is 0. The van der Waals surface area contributed by atoms with Crippen LogP contribution in [0.2, 0.25) is 0 Å². The van der Waals surface area contributed by atoms with E-state index in [2.05, 4.69) is 15.5 Å². The molecule has 1 fully saturated rings. The molecule has 0 unspecified atom stereocenters. The summed E-state index contributed by atoms with van der Waals surface area (Å²) in [5, 5.41) is 5.78. The number of anilines is 2. The van der Waals surface area contributed by atoms with E-state index in [4.69, 9.17) is 4.74 Å². The Hall–Kier alpha value is -3.02. The van der Waals surface area contributed by atoms with E-state index in [-0.39, 0.29) is 18.4 Å². The van der Waals surface area contributed by atoms with E-state index < -0.39 is 0 Å². The number of carbonyl (C=O) groups excluding carboxylic acids is 2. The highest BCUT2D eigenvalue weighted by atomic mass is 16.5. The number of piperidine rings is 1. The third kappa shape index (κ3) is 5.98. The molecule has 1 aliphatic rings. The highest BCUT2D eigenvalue weighted by Crippen LogP contribution is 2.27. The van der Waals surface area contributed by atoms with E-state index in [1.807, 2.05) is 37.3 Å². The van der Waals surface area contributed by atoms with Gasteiger partial charge in [0.15, 0.2) is 6.61 Å². The minimum atomic E-state index is -0.264. The number of nitrogens with one attached hydrogen (secondary N) is 2. The second-order valence-electron chi connectivity index (χ2n) is 7.19. The third-order valence-electron chi connectivity index (χ3n) is 4.87. The summed E-state index contributed by atoms with van der Waals surface area (Å²) in [6.07, 6.45) is 4.36. The molecule has 0 aliphatic carbocycles. The van der Waals surface area contributed by atoms with Gasteiger partial charge in [-0.1, -0.05) is 25.1 Å². The SMILES string of the molecule is CCCNC(=O)c1cc(NC(=O)COc2ccccc2)ccc1N1CCCCC1. The molecule has 0 spiro atoms. The Balaban J connectivity index is 1.71. The van der Waals surface area contributed by atoms with Gasteiger partial charge in [-0.05, 0) is 56.0 Å². The number of para-hydroxylation sites is 1. The second-order valence-corrected chi connectivity index (χ2v) is 7.19. The van der Waals surface area contributed by atoms with Crippen LogP contribution in [0.3, 0.4) is 0 Å². The summed E-state index contributed by atoms with van der Waals surface area (Å²) in [6, 6.07) is 14.7. The number of ether oxygens (including phenoxy) is 1. The average Bonchev–Trinajstić information content (AvgIpc) is 2.77. The molecule has 6 nitrogen and oxygen atoms in total. The van der Waals surface area contributed by atoms with Crippen molar-refractivity contribution in [2.45, 2.75) is 32.6 Å². The van der Waals surface area contributed by atoms with Crippen molar-refractivity contribution in [3.63, 3.8) is 0 Å². The van der Waals surface area contributed by atoms with Crippen LogP contribution in [0.15, 0.2) is 48.5 Å². The number of hydrogen-bond acceptors (Lipinski definition) is 4. The summed E-state index contributed by atoms with van der Waals surface area (Å²) in [4.78, 5) is 27.3. The molecular weight excluding hydrogens is 366 g/mol. The number of benzene rings is 2. The maximum atomic E-state index is 12.7. The zero-order valence-electron chi connectivity index (χ0n) is 16.9. The van der Waals surface area contributed by atoms with Gasteiger partial charge in [-0.2, -0.15) is 0 Å². The van der Waals surface area contributed by atoms with Crippen LogP contribution in [0.4, 0.5) is 11.4 Å². The Bertz CT molecular complexity index is 817. The summed E-state index contributed by atoms with van der Waals surface area (Å²) in [5.74, 6) is 0.270. The van der Waals surface area contributed by atoms with Gasteiger partial charge in [-0.3, -0.25) is 9.59 Å². The van der Waals surface area contributed by atoms with Crippen LogP contribution < -0.4 is 20.3 Å². The van der Waals surface area contributed by atoms with Gasteiger partial charge in [0.05, 0.1) is 5.56 Å². The minimum absolute atomic E-state index is 0.0880. The maximum absolute atomic E-state index is 12.7. The van der Waals surface area contributed by atoms with Crippen molar-refractivity contribution in [1.29, 1.82) is 0 Å². The molecule has 3 rings (SSSR count). The molecule has 1 heterocycles. The van der Waals surface area contributed by atoms with Gasteiger partial charge in [0, 0.05) is 31.0 Å². The van der Waals surface area contributed by atoms with E-state index in [0.29, 0.717) is 23.5 Å². The second kappa shape index (κ2) is 10.5. The van der Waals surface area contributed by atoms with E-state index in [0.717, 1.165) is 38.0 Å². The predicted octanol–water partition coefficient (Wildman–Crippen LogP) is 3.83. The number of nitrogens with zero attached hydrogens (tertiary/aromatic N) is 1. The summed E-state index contributed by atoms with van der Waals surface area (Å²) in [6.45, 7) is 4.46. The van der Waals surface area contributed by atoms with E-state index in [1.54, 1.807) is 18.2 Å². The quantitative estimate of drug-likeness (QED) is 0.713. The fraction of sp³-hybridized carbons (Fsp3) is 0.391. The number of carbonyl (C=O) groups is 2. The number of amides is 2.